The van der Waals surface area contributed by atoms with Crippen LogP contribution in [0.2, 0.25) is 0 Å². The van der Waals surface area contributed by atoms with Gasteiger partial charge in [0, 0.05) is 25.1 Å². The van der Waals surface area contributed by atoms with Crippen LogP contribution in [0, 0.1) is 10.1 Å². The van der Waals surface area contributed by atoms with E-state index in [4.69, 9.17) is 9.15 Å². The Morgan fingerprint density at radius 2 is 2.07 bits per heavy atom. The van der Waals surface area contributed by atoms with Gasteiger partial charge in [-0.05, 0) is 31.0 Å². The summed E-state index contributed by atoms with van der Waals surface area (Å²) >= 11 is 0. The Kier molecular flexibility index (Phi) is 4.97. The smallest absolute Gasteiger partial charge is 0.273 e. The molecule has 10 heteroatoms. The zero-order valence-corrected chi connectivity index (χ0v) is 16.5. The molecule has 9 nitrogen and oxygen atoms in total. The van der Waals surface area contributed by atoms with Crippen molar-refractivity contribution in [1.29, 1.82) is 0 Å². The molecular formula is C19H19N3O6S. The van der Waals surface area contributed by atoms with Gasteiger partial charge in [-0.25, -0.2) is 13.4 Å². The molecule has 2 aromatic carbocycles. The Balaban J connectivity index is 1.64. The van der Waals surface area contributed by atoms with Crippen LogP contribution in [0.15, 0.2) is 51.8 Å². The van der Waals surface area contributed by atoms with Gasteiger partial charge in [-0.2, -0.15) is 4.31 Å². The van der Waals surface area contributed by atoms with Gasteiger partial charge in [0.1, 0.15) is 16.2 Å². The molecule has 0 radical (unpaired) electrons. The molecule has 1 saturated heterocycles. The quantitative estimate of drug-likeness (QED) is 0.462. The van der Waals surface area contributed by atoms with Crippen molar-refractivity contribution in [3.05, 3.63) is 58.5 Å². The number of oxazole rings is 1. The maximum absolute atomic E-state index is 13.2. The first-order chi connectivity index (χ1) is 13.9. The molecule has 152 valence electrons. The summed E-state index contributed by atoms with van der Waals surface area (Å²) in [6.07, 6.45) is 1.41. The molecule has 1 unspecified atom stereocenters. The van der Waals surface area contributed by atoms with Crippen LogP contribution >= 0.6 is 0 Å². The number of piperidine rings is 1. The van der Waals surface area contributed by atoms with Gasteiger partial charge in [-0.3, -0.25) is 10.1 Å². The summed E-state index contributed by atoms with van der Waals surface area (Å²) in [5.74, 6) is 0.292. The van der Waals surface area contributed by atoms with Gasteiger partial charge in [0.25, 0.3) is 5.69 Å². The van der Waals surface area contributed by atoms with Gasteiger partial charge >= 0.3 is 0 Å². The molecule has 2 heterocycles. The fourth-order valence-electron chi connectivity index (χ4n) is 3.55. The normalized spacial score (nSPS) is 18.0. The first-order valence-corrected chi connectivity index (χ1v) is 10.5. The second-order valence-corrected chi connectivity index (χ2v) is 8.72. The van der Waals surface area contributed by atoms with Crippen LogP contribution in [0.1, 0.15) is 24.7 Å². The van der Waals surface area contributed by atoms with E-state index in [-0.39, 0.29) is 28.8 Å². The second kappa shape index (κ2) is 7.45. The topological polar surface area (TPSA) is 116 Å². The summed E-state index contributed by atoms with van der Waals surface area (Å²) in [6.45, 7) is 0.564. The lowest BCUT2D eigenvalue weighted by molar-refractivity contribution is -0.385. The van der Waals surface area contributed by atoms with E-state index in [1.165, 1.54) is 17.5 Å². The summed E-state index contributed by atoms with van der Waals surface area (Å²) < 4.78 is 38.8. The zero-order valence-electron chi connectivity index (χ0n) is 15.6. The number of sulfonamides is 1. The number of hydrogen-bond donors (Lipinski definition) is 0. The van der Waals surface area contributed by atoms with Crippen molar-refractivity contribution in [3.63, 3.8) is 0 Å². The molecule has 29 heavy (non-hydrogen) atoms. The minimum Gasteiger partial charge on any atom is -0.495 e. The number of ether oxygens (including phenoxy) is 1. The molecule has 1 aliphatic heterocycles. The number of aromatic nitrogens is 1. The predicted octanol–water partition coefficient (Wildman–Crippen LogP) is 3.31. The Morgan fingerprint density at radius 1 is 1.28 bits per heavy atom. The van der Waals surface area contributed by atoms with Gasteiger partial charge < -0.3 is 9.15 Å². The monoisotopic (exact) mass is 417 g/mol. The van der Waals surface area contributed by atoms with Crippen molar-refractivity contribution in [2.45, 2.75) is 23.7 Å². The molecular weight excluding hydrogens is 398 g/mol. The second-order valence-electron chi connectivity index (χ2n) is 6.81. The van der Waals surface area contributed by atoms with E-state index in [9.17, 15) is 18.5 Å². The van der Waals surface area contributed by atoms with Gasteiger partial charge in [0.05, 0.1) is 18.1 Å². The van der Waals surface area contributed by atoms with E-state index >= 15 is 0 Å². The van der Waals surface area contributed by atoms with Gasteiger partial charge in [0.2, 0.25) is 10.0 Å². The Morgan fingerprint density at radius 3 is 2.79 bits per heavy atom. The molecule has 3 aromatic rings. The molecule has 0 bridgehead atoms. The Hall–Kier alpha value is -2.98. The van der Waals surface area contributed by atoms with Crippen LogP contribution in [0.3, 0.4) is 0 Å². The van der Waals surface area contributed by atoms with Crippen LogP contribution in [-0.2, 0) is 10.0 Å². The predicted molar refractivity (Wildman–Crippen MR) is 104 cm³/mol. The van der Waals surface area contributed by atoms with E-state index in [0.29, 0.717) is 24.4 Å². The number of rotatable bonds is 5. The number of para-hydroxylation sites is 2. The van der Waals surface area contributed by atoms with Crippen molar-refractivity contribution in [3.8, 4) is 5.75 Å². The number of benzene rings is 2. The van der Waals surface area contributed by atoms with E-state index in [1.807, 2.05) is 24.3 Å². The lowest BCUT2D eigenvalue weighted by Gasteiger charge is -2.30. The minimum absolute atomic E-state index is 0.0526. The first kappa shape index (κ1) is 19.3. The highest BCUT2D eigenvalue weighted by Crippen LogP contribution is 2.35. The number of nitro benzene ring substituents is 1. The van der Waals surface area contributed by atoms with E-state index in [0.717, 1.165) is 24.1 Å². The highest BCUT2D eigenvalue weighted by atomic mass is 32.2. The molecule has 0 amide bonds. The summed E-state index contributed by atoms with van der Waals surface area (Å²) in [7, 11) is -2.61. The standard InChI is InChI=1S/C19H19N3O6S/c1-27-17-11-14(22(23)24)8-9-18(17)29(25,26)21-10-4-5-13(12-21)19-20-15-6-2-3-7-16(15)28-19/h2-3,6-9,11,13H,4-5,10,12H2,1H3. The molecule has 0 saturated carbocycles. The van der Waals surface area contributed by atoms with Crippen molar-refractivity contribution >= 4 is 26.8 Å². The summed E-state index contributed by atoms with van der Waals surface area (Å²) in [5, 5.41) is 11.0. The molecule has 0 aliphatic carbocycles. The maximum Gasteiger partial charge on any atom is 0.273 e. The average molecular weight is 417 g/mol. The SMILES string of the molecule is COc1cc([N+](=O)[O-])ccc1S(=O)(=O)N1CCCC(c2nc3ccccc3o2)C1. The average Bonchev–Trinajstić information content (AvgIpc) is 3.17. The lowest BCUT2D eigenvalue weighted by atomic mass is 10.00. The van der Waals surface area contributed by atoms with Crippen LogP contribution in [-0.4, -0.2) is 42.8 Å². The molecule has 1 aromatic heterocycles. The van der Waals surface area contributed by atoms with Crippen molar-refractivity contribution < 1.29 is 22.5 Å². The summed E-state index contributed by atoms with van der Waals surface area (Å²) in [5.41, 5.74) is 1.17. The van der Waals surface area contributed by atoms with Crippen LogP contribution in [0.25, 0.3) is 11.1 Å². The number of fused-ring (bicyclic) bond motifs is 1. The van der Waals surface area contributed by atoms with Crippen molar-refractivity contribution in [2.75, 3.05) is 20.2 Å². The molecule has 0 spiro atoms. The lowest BCUT2D eigenvalue weighted by Crippen LogP contribution is -2.39. The summed E-state index contributed by atoms with van der Waals surface area (Å²) in [6, 6.07) is 10.9. The van der Waals surface area contributed by atoms with Gasteiger partial charge in [-0.15, -0.1) is 0 Å². The first-order valence-electron chi connectivity index (χ1n) is 9.08. The number of non-ortho nitro benzene ring substituents is 1. The fraction of sp³-hybridized carbons (Fsp3) is 0.316. The van der Waals surface area contributed by atoms with Crippen molar-refractivity contribution in [2.24, 2.45) is 0 Å². The molecule has 0 N–H and O–H groups in total. The van der Waals surface area contributed by atoms with E-state index < -0.39 is 14.9 Å². The van der Waals surface area contributed by atoms with E-state index in [1.54, 1.807) is 0 Å². The zero-order chi connectivity index (χ0) is 20.6. The van der Waals surface area contributed by atoms with Gasteiger partial charge in [-0.1, -0.05) is 12.1 Å². The number of nitrogens with zero attached hydrogens (tertiary/aromatic N) is 3. The highest BCUT2D eigenvalue weighted by molar-refractivity contribution is 7.89. The third kappa shape index (κ3) is 3.56. The maximum atomic E-state index is 13.2. The fourth-order valence-corrected chi connectivity index (χ4v) is 5.21. The number of methoxy groups -OCH3 is 1. The molecule has 1 fully saturated rings. The van der Waals surface area contributed by atoms with Crippen LogP contribution in [0.4, 0.5) is 5.69 Å². The highest BCUT2D eigenvalue weighted by Gasteiger charge is 2.35. The number of nitro groups is 1. The van der Waals surface area contributed by atoms with Crippen LogP contribution in [0.5, 0.6) is 5.75 Å². The minimum atomic E-state index is -3.90. The third-order valence-corrected chi connectivity index (χ3v) is 6.92. The van der Waals surface area contributed by atoms with E-state index in [2.05, 4.69) is 4.98 Å². The molecule has 4 rings (SSSR count). The Bertz CT molecular complexity index is 1140. The van der Waals surface area contributed by atoms with Crippen LogP contribution < -0.4 is 4.74 Å². The largest absolute Gasteiger partial charge is 0.495 e. The van der Waals surface area contributed by atoms with Crippen molar-refractivity contribution in [1.82, 2.24) is 9.29 Å². The Labute approximate surface area is 167 Å². The summed E-state index contributed by atoms with van der Waals surface area (Å²) in [4.78, 5) is 14.8. The van der Waals surface area contributed by atoms with Gasteiger partial charge in [0.15, 0.2) is 11.5 Å². The third-order valence-electron chi connectivity index (χ3n) is 5.02. The molecule has 1 aliphatic rings. The number of hydrogen-bond acceptors (Lipinski definition) is 7. The molecule has 1 atom stereocenters.